The smallest absolute Gasteiger partial charge is 0.273 e. The van der Waals surface area contributed by atoms with E-state index < -0.39 is 0 Å². The Morgan fingerprint density at radius 3 is 2.88 bits per heavy atom. The van der Waals surface area contributed by atoms with Crippen molar-refractivity contribution in [3.8, 4) is 0 Å². The number of aryl methyl sites for hydroxylation is 2. The van der Waals surface area contributed by atoms with Gasteiger partial charge in [-0.1, -0.05) is 0 Å². The highest BCUT2D eigenvalue weighted by atomic mass is 79.9. The second-order valence-corrected chi connectivity index (χ2v) is 4.69. The number of hydrogen-bond donors (Lipinski definition) is 1. The normalized spacial score (nSPS) is 10.3. The second-order valence-electron chi connectivity index (χ2n) is 3.78. The molecule has 2 rings (SSSR count). The summed E-state index contributed by atoms with van der Waals surface area (Å²) in [4.78, 5) is 16.1. The second kappa shape index (κ2) is 4.71. The molecular weight excluding hydrogens is 282 g/mol. The highest BCUT2D eigenvalue weighted by Gasteiger charge is 2.11. The average molecular weight is 294 g/mol. The molecule has 4 nitrogen and oxygen atoms in total. The Bertz CT molecular complexity index is 563. The number of hydrogen-bond acceptors (Lipinski definition) is 2. The Kier molecular flexibility index (Phi) is 3.28. The summed E-state index contributed by atoms with van der Waals surface area (Å²) in [5.41, 5.74) is 1.52. The number of carbonyl (C=O) groups excluding carboxylic acids is 1. The van der Waals surface area contributed by atoms with Crippen LogP contribution in [0.15, 0.2) is 35.1 Å². The zero-order chi connectivity index (χ0) is 12.4. The Balaban J connectivity index is 2.22. The van der Waals surface area contributed by atoms with Crippen LogP contribution in [0.5, 0.6) is 0 Å². The van der Waals surface area contributed by atoms with Gasteiger partial charge in [0.2, 0.25) is 0 Å². The highest BCUT2D eigenvalue weighted by molar-refractivity contribution is 9.10. The first-order valence-electron chi connectivity index (χ1n) is 5.13. The summed E-state index contributed by atoms with van der Waals surface area (Å²) >= 11 is 3.33. The van der Waals surface area contributed by atoms with Crippen LogP contribution in [0.4, 0.5) is 5.82 Å². The van der Waals surface area contributed by atoms with Gasteiger partial charge in [0.25, 0.3) is 5.91 Å². The van der Waals surface area contributed by atoms with Gasteiger partial charge in [0.15, 0.2) is 0 Å². The van der Waals surface area contributed by atoms with E-state index >= 15 is 0 Å². The molecule has 5 heteroatoms. The van der Waals surface area contributed by atoms with Crippen LogP contribution in [0, 0.1) is 6.92 Å². The topological polar surface area (TPSA) is 46.9 Å². The van der Waals surface area contributed by atoms with Crippen LogP contribution in [-0.2, 0) is 7.05 Å². The maximum Gasteiger partial charge on any atom is 0.273 e. The number of carbonyl (C=O) groups is 1. The van der Waals surface area contributed by atoms with Crippen molar-refractivity contribution in [1.29, 1.82) is 0 Å². The molecule has 0 atom stereocenters. The van der Waals surface area contributed by atoms with Crippen molar-refractivity contribution in [3.05, 3.63) is 46.3 Å². The third kappa shape index (κ3) is 2.55. The number of rotatable bonds is 2. The lowest BCUT2D eigenvalue weighted by Gasteiger charge is -2.08. The molecule has 2 heterocycles. The van der Waals surface area contributed by atoms with Gasteiger partial charge in [0.1, 0.15) is 11.5 Å². The summed E-state index contributed by atoms with van der Waals surface area (Å²) in [7, 11) is 1.83. The Hall–Kier alpha value is -1.62. The largest absolute Gasteiger partial charge is 0.347 e. The molecule has 0 fully saturated rings. The molecule has 1 amide bonds. The van der Waals surface area contributed by atoms with E-state index in [0.717, 1.165) is 10.0 Å². The van der Waals surface area contributed by atoms with E-state index in [1.54, 1.807) is 16.8 Å². The lowest BCUT2D eigenvalue weighted by Crippen LogP contribution is -2.16. The van der Waals surface area contributed by atoms with Gasteiger partial charge >= 0.3 is 0 Å². The number of amides is 1. The van der Waals surface area contributed by atoms with Gasteiger partial charge in [0, 0.05) is 23.9 Å². The fraction of sp³-hybridized carbons (Fsp3) is 0.167. The SMILES string of the molecule is Cc1cc(Br)cnc1NC(=O)c1cccn1C. The molecule has 2 aromatic heterocycles. The zero-order valence-electron chi connectivity index (χ0n) is 9.57. The lowest BCUT2D eigenvalue weighted by molar-refractivity contribution is 0.101. The number of nitrogens with zero attached hydrogens (tertiary/aromatic N) is 2. The Morgan fingerprint density at radius 2 is 2.29 bits per heavy atom. The summed E-state index contributed by atoms with van der Waals surface area (Å²) in [6, 6.07) is 5.51. The van der Waals surface area contributed by atoms with Crippen molar-refractivity contribution in [3.63, 3.8) is 0 Å². The Labute approximate surface area is 108 Å². The molecule has 0 spiro atoms. The van der Waals surface area contributed by atoms with Gasteiger partial charge in [-0.05, 0) is 46.6 Å². The van der Waals surface area contributed by atoms with Crippen LogP contribution in [0.3, 0.4) is 0 Å². The first-order chi connectivity index (χ1) is 8.08. The van der Waals surface area contributed by atoms with Crippen molar-refractivity contribution in [2.24, 2.45) is 7.05 Å². The van der Waals surface area contributed by atoms with Crippen LogP contribution >= 0.6 is 15.9 Å². The minimum absolute atomic E-state index is 0.157. The lowest BCUT2D eigenvalue weighted by atomic mass is 10.3. The first-order valence-corrected chi connectivity index (χ1v) is 5.92. The van der Waals surface area contributed by atoms with Crippen molar-refractivity contribution < 1.29 is 4.79 Å². The van der Waals surface area contributed by atoms with E-state index in [4.69, 9.17) is 0 Å². The maximum atomic E-state index is 11.9. The van der Waals surface area contributed by atoms with Gasteiger partial charge in [-0.2, -0.15) is 0 Å². The van der Waals surface area contributed by atoms with E-state index in [1.165, 1.54) is 0 Å². The van der Waals surface area contributed by atoms with Gasteiger partial charge < -0.3 is 9.88 Å². The van der Waals surface area contributed by atoms with E-state index in [0.29, 0.717) is 11.5 Å². The molecule has 0 aliphatic carbocycles. The number of nitrogens with one attached hydrogen (secondary N) is 1. The van der Waals surface area contributed by atoms with E-state index in [9.17, 15) is 4.79 Å². The van der Waals surface area contributed by atoms with Gasteiger partial charge in [0.05, 0.1) is 0 Å². The highest BCUT2D eigenvalue weighted by Crippen LogP contribution is 2.17. The van der Waals surface area contributed by atoms with Crippen molar-refractivity contribution >= 4 is 27.7 Å². The summed E-state index contributed by atoms with van der Waals surface area (Å²) in [5.74, 6) is 0.426. The fourth-order valence-corrected chi connectivity index (χ4v) is 1.99. The standard InChI is InChI=1S/C12H12BrN3O/c1-8-6-9(13)7-14-11(8)15-12(17)10-4-3-5-16(10)2/h3-7H,1-2H3,(H,14,15,17). The molecule has 17 heavy (non-hydrogen) atoms. The van der Waals surface area contributed by atoms with Crippen LogP contribution in [0.2, 0.25) is 0 Å². The zero-order valence-corrected chi connectivity index (χ0v) is 11.2. The Morgan fingerprint density at radius 1 is 1.53 bits per heavy atom. The minimum Gasteiger partial charge on any atom is -0.347 e. The molecular formula is C12H12BrN3O. The van der Waals surface area contributed by atoms with Crippen LogP contribution in [0.1, 0.15) is 16.1 Å². The van der Waals surface area contributed by atoms with E-state index in [2.05, 4.69) is 26.2 Å². The van der Waals surface area contributed by atoms with Gasteiger partial charge in [-0.15, -0.1) is 0 Å². The van der Waals surface area contributed by atoms with Crippen LogP contribution < -0.4 is 5.32 Å². The molecule has 2 aromatic rings. The average Bonchev–Trinajstić information content (AvgIpc) is 2.68. The predicted octanol–water partition coefficient (Wildman–Crippen LogP) is 2.74. The molecule has 0 saturated carbocycles. The summed E-state index contributed by atoms with van der Waals surface area (Å²) in [6.07, 6.45) is 3.49. The molecule has 0 bridgehead atoms. The third-order valence-electron chi connectivity index (χ3n) is 2.45. The minimum atomic E-state index is -0.157. The molecule has 88 valence electrons. The summed E-state index contributed by atoms with van der Waals surface area (Å²) in [6.45, 7) is 1.90. The predicted molar refractivity (Wildman–Crippen MR) is 70.0 cm³/mol. The van der Waals surface area contributed by atoms with E-state index in [1.807, 2.05) is 32.3 Å². The van der Waals surface area contributed by atoms with E-state index in [-0.39, 0.29) is 5.91 Å². The molecule has 0 radical (unpaired) electrons. The molecule has 0 aromatic carbocycles. The third-order valence-corrected chi connectivity index (χ3v) is 2.89. The maximum absolute atomic E-state index is 11.9. The molecule has 0 unspecified atom stereocenters. The fourth-order valence-electron chi connectivity index (χ4n) is 1.54. The van der Waals surface area contributed by atoms with Gasteiger partial charge in [-0.25, -0.2) is 4.98 Å². The van der Waals surface area contributed by atoms with Crippen molar-refractivity contribution in [2.45, 2.75) is 6.92 Å². The molecule has 0 aliphatic heterocycles. The van der Waals surface area contributed by atoms with Crippen molar-refractivity contribution in [1.82, 2.24) is 9.55 Å². The molecule has 0 aliphatic rings. The number of pyridine rings is 1. The number of anilines is 1. The number of halogens is 1. The summed E-state index contributed by atoms with van der Waals surface area (Å²) in [5, 5.41) is 2.79. The first kappa shape index (κ1) is 11.9. The van der Waals surface area contributed by atoms with Crippen molar-refractivity contribution in [2.75, 3.05) is 5.32 Å². The monoisotopic (exact) mass is 293 g/mol. The quantitative estimate of drug-likeness (QED) is 0.925. The number of aromatic nitrogens is 2. The molecule has 1 N–H and O–H groups in total. The molecule has 0 saturated heterocycles. The van der Waals surface area contributed by atoms with Gasteiger partial charge in [-0.3, -0.25) is 4.79 Å². The van der Waals surface area contributed by atoms with Crippen LogP contribution in [0.25, 0.3) is 0 Å². The van der Waals surface area contributed by atoms with Crippen LogP contribution in [-0.4, -0.2) is 15.5 Å². The summed E-state index contributed by atoms with van der Waals surface area (Å²) < 4.78 is 2.66.